The van der Waals surface area contributed by atoms with E-state index in [-0.39, 0.29) is 12.7 Å². The smallest absolute Gasteiger partial charge is 0.411 e. The summed E-state index contributed by atoms with van der Waals surface area (Å²) in [5.41, 5.74) is 2.43. The lowest BCUT2D eigenvalue weighted by molar-refractivity contribution is 0.155. The second-order valence-electron chi connectivity index (χ2n) is 5.56. The van der Waals surface area contributed by atoms with Gasteiger partial charge >= 0.3 is 12.2 Å². The van der Waals surface area contributed by atoms with Crippen LogP contribution >= 0.6 is 11.6 Å². The molecule has 1 N–H and O–H groups in total. The Hall–Kier alpha value is -2.73. The zero-order valence-corrected chi connectivity index (χ0v) is 14.2. The molecule has 1 fully saturated rings. The molecule has 3 rings (SSSR count). The monoisotopic (exact) mass is 360 g/mol. The number of carbonyl (C=O) groups excluding carboxylic acids is 2. The molecule has 0 aliphatic carbocycles. The standard InChI is InChI=1S/C18H17ClN2O4/c19-15-5-1-14(2-6-15)12-25-17(22)20-16-7-3-13(4-8-16)11-21-9-10-24-18(21)23/h1-8H,9-12H2,(H,20,22). The predicted octanol–water partition coefficient (Wildman–Crippen LogP) is 4.04. The second kappa shape index (κ2) is 7.90. The first-order valence-electron chi connectivity index (χ1n) is 7.79. The van der Waals surface area contributed by atoms with Gasteiger partial charge in [0.25, 0.3) is 0 Å². The molecule has 6 nitrogen and oxygen atoms in total. The van der Waals surface area contributed by atoms with Crippen molar-refractivity contribution in [2.45, 2.75) is 13.2 Å². The Kier molecular flexibility index (Phi) is 5.40. The molecule has 1 aliphatic heterocycles. The molecule has 2 amide bonds. The summed E-state index contributed by atoms with van der Waals surface area (Å²) in [5, 5.41) is 3.30. The first-order chi connectivity index (χ1) is 12.1. The van der Waals surface area contributed by atoms with E-state index in [9.17, 15) is 9.59 Å². The third kappa shape index (κ3) is 4.87. The molecular weight excluding hydrogens is 344 g/mol. The lowest BCUT2D eigenvalue weighted by atomic mass is 10.2. The summed E-state index contributed by atoms with van der Waals surface area (Å²) in [6.45, 7) is 1.67. The molecule has 7 heteroatoms. The van der Waals surface area contributed by atoms with Gasteiger partial charge in [0.2, 0.25) is 0 Å². The average Bonchev–Trinajstić information content (AvgIpc) is 3.01. The Labute approximate surface area is 150 Å². The SMILES string of the molecule is O=C(Nc1ccc(CN2CCOC2=O)cc1)OCc1ccc(Cl)cc1. The maximum atomic E-state index is 11.8. The Morgan fingerprint density at radius 3 is 2.44 bits per heavy atom. The van der Waals surface area contributed by atoms with Crippen LogP contribution in [0.15, 0.2) is 48.5 Å². The minimum Gasteiger partial charge on any atom is -0.448 e. The second-order valence-corrected chi connectivity index (χ2v) is 6.00. The third-order valence-corrected chi connectivity index (χ3v) is 3.95. The van der Waals surface area contributed by atoms with Gasteiger partial charge in [0.1, 0.15) is 13.2 Å². The van der Waals surface area contributed by atoms with E-state index in [0.717, 1.165) is 11.1 Å². The van der Waals surface area contributed by atoms with E-state index < -0.39 is 6.09 Å². The number of hydrogen-bond acceptors (Lipinski definition) is 4. The van der Waals surface area contributed by atoms with Crippen molar-refractivity contribution in [3.05, 3.63) is 64.7 Å². The summed E-state index contributed by atoms with van der Waals surface area (Å²) >= 11 is 5.81. The van der Waals surface area contributed by atoms with Crippen LogP contribution in [0.2, 0.25) is 5.02 Å². The average molecular weight is 361 g/mol. The van der Waals surface area contributed by atoms with Crippen molar-refractivity contribution in [2.24, 2.45) is 0 Å². The topological polar surface area (TPSA) is 67.9 Å². The molecule has 0 unspecified atom stereocenters. The van der Waals surface area contributed by atoms with Crippen LogP contribution in [0.5, 0.6) is 0 Å². The Bertz CT molecular complexity index is 747. The normalized spacial score (nSPS) is 13.5. The first kappa shape index (κ1) is 17.1. The zero-order valence-electron chi connectivity index (χ0n) is 13.4. The van der Waals surface area contributed by atoms with E-state index in [2.05, 4.69) is 5.32 Å². The molecular formula is C18H17ClN2O4. The van der Waals surface area contributed by atoms with Gasteiger partial charge in [0.05, 0.1) is 6.54 Å². The highest BCUT2D eigenvalue weighted by atomic mass is 35.5. The third-order valence-electron chi connectivity index (χ3n) is 3.70. The molecule has 2 aromatic carbocycles. The van der Waals surface area contributed by atoms with Crippen molar-refractivity contribution in [3.63, 3.8) is 0 Å². The van der Waals surface area contributed by atoms with Crippen LogP contribution in [0.3, 0.4) is 0 Å². The van der Waals surface area contributed by atoms with Gasteiger partial charge in [-0.1, -0.05) is 35.9 Å². The molecule has 0 bridgehead atoms. The fourth-order valence-corrected chi connectivity index (χ4v) is 2.49. The zero-order chi connectivity index (χ0) is 17.6. The fourth-order valence-electron chi connectivity index (χ4n) is 2.37. The Morgan fingerprint density at radius 2 is 1.80 bits per heavy atom. The summed E-state index contributed by atoms with van der Waals surface area (Å²) in [6, 6.07) is 14.3. The van der Waals surface area contributed by atoms with Gasteiger partial charge in [0, 0.05) is 17.3 Å². The number of ether oxygens (including phenoxy) is 2. The van der Waals surface area contributed by atoms with Gasteiger partial charge in [-0.2, -0.15) is 0 Å². The number of hydrogen-bond donors (Lipinski definition) is 1. The minimum absolute atomic E-state index is 0.165. The van der Waals surface area contributed by atoms with Crippen LogP contribution in [0, 0.1) is 0 Å². The van der Waals surface area contributed by atoms with Crippen molar-refractivity contribution < 1.29 is 19.1 Å². The van der Waals surface area contributed by atoms with Gasteiger partial charge in [-0.25, -0.2) is 9.59 Å². The van der Waals surface area contributed by atoms with Gasteiger partial charge in [-0.3, -0.25) is 5.32 Å². The molecule has 0 saturated carbocycles. The van der Waals surface area contributed by atoms with Gasteiger partial charge in [-0.15, -0.1) is 0 Å². The predicted molar refractivity (Wildman–Crippen MR) is 93.5 cm³/mol. The van der Waals surface area contributed by atoms with Crippen molar-refractivity contribution in [2.75, 3.05) is 18.5 Å². The van der Waals surface area contributed by atoms with Gasteiger partial charge < -0.3 is 14.4 Å². The highest BCUT2D eigenvalue weighted by molar-refractivity contribution is 6.30. The molecule has 25 heavy (non-hydrogen) atoms. The van der Waals surface area contributed by atoms with Crippen LogP contribution in [-0.2, 0) is 22.6 Å². The number of cyclic esters (lactones) is 1. The number of rotatable bonds is 5. The lowest BCUT2D eigenvalue weighted by Crippen LogP contribution is -2.23. The number of anilines is 1. The fraction of sp³-hybridized carbons (Fsp3) is 0.222. The van der Waals surface area contributed by atoms with Crippen LogP contribution in [-0.4, -0.2) is 30.2 Å². The van der Waals surface area contributed by atoms with E-state index in [0.29, 0.717) is 30.4 Å². The van der Waals surface area contributed by atoms with E-state index in [4.69, 9.17) is 21.1 Å². The van der Waals surface area contributed by atoms with Crippen molar-refractivity contribution in [1.29, 1.82) is 0 Å². The summed E-state index contributed by atoms with van der Waals surface area (Å²) < 4.78 is 10.1. The van der Waals surface area contributed by atoms with Crippen LogP contribution < -0.4 is 5.32 Å². The maximum absolute atomic E-state index is 11.8. The van der Waals surface area contributed by atoms with E-state index in [1.165, 1.54) is 0 Å². The van der Waals surface area contributed by atoms with Crippen molar-refractivity contribution in [3.8, 4) is 0 Å². The van der Waals surface area contributed by atoms with Gasteiger partial charge in [-0.05, 0) is 35.4 Å². The van der Waals surface area contributed by atoms with Gasteiger partial charge in [0.15, 0.2) is 0 Å². The number of nitrogens with zero attached hydrogens (tertiary/aromatic N) is 1. The van der Waals surface area contributed by atoms with E-state index in [1.807, 2.05) is 12.1 Å². The van der Waals surface area contributed by atoms with Crippen molar-refractivity contribution >= 4 is 29.5 Å². The van der Waals surface area contributed by atoms with Crippen molar-refractivity contribution in [1.82, 2.24) is 4.90 Å². The summed E-state index contributed by atoms with van der Waals surface area (Å²) in [6.07, 6.45) is -0.834. The number of carbonyl (C=O) groups is 2. The molecule has 130 valence electrons. The van der Waals surface area contributed by atoms with E-state index in [1.54, 1.807) is 41.3 Å². The van der Waals surface area contributed by atoms with Crippen LogP contribution in [0.25, 0.3) is 0 Å². The van der Waals surface area contributed by atoms with E-state index >= 15 is 0 Å². The van der Waals surface area contributed by atoms with Crippen LogP contribution in [0.1, 0.15) is 11.1 Å². The number of benzene rings is 2. The number of halogens is 1. The lowest BCUT2D eigenvalue weighted by Gasteiger charge is -2.13. The quantitative estimate of drug-likeness (QED) is 0.873. The summed E-state index contributed by atoms with van der Waals surface area (Å²) in [4.78, 5) is 24.9. The number of amides is 2. The summed E-state index contributed by atoms with van der Waals surface area (Å²) in [5.74, 6) is 0. The summed E-state index contributed by atoms with van der Waals surface area (Å²) in [7, 11) is 0. The highest BCUT2D eigenvalue weighted by Crippen LogP contribution is 2.15. The maximum Gasteiger partial charge on any atom is 0.411 e. The first-order valence-corrected chi connectivity index (χ1v) is 8.17. The molecule has 0 atom stereocenters. The van der Waals surface area contributed by atoms with Crippen LogP contribution in [0.4, 0.5) is 15.3 Å². The molecule has 1 heterocycles. The molecule has 1 aliphatic rings. The molecule has 2 aromatic rings. The Morgan fingerprint density at radius 1 is 1.12 bits per heavy atom. The molecule has 0 spiro atoms. The largest absolute Gasteiger partial charge is 0.448 e. The number of nitrogens with one attached hydrogen (secondary N) is 1. The molecule has 0 radical (unpaired) electrons. The molecule has 0 aromatic heterocycles. The minimum atomic E-state index is -0.536. The highest BCUT2D eigenvalue weighted by Gasteiger charge is 2.21. The Balaban J connectivity index is 1.48. The molecule has 1 saturated heterocycles.